The van der Waals surface area contributed by atoms with E-state index in [1.165, 1.54) is 18.3 Å². The van der Waals surface area contributed by atoms with Gasteiger partial charge in [-0.15, -0.1) is 0 Å². The van der Waals surface area contributed by atoms with Crippen molar-refractivity contribution in [3.8, 4) is 5.75 Å². The highest BCUT2D eigenvalue weighted by molar-refractivity contribution is 6.23. The summed E-state index contributed by atoms with van der Waals surface area (Å²) in [6.45, 7) is 1.70. The number of ether oxygens (including phenoxy) is 2. The molecule has 1 amide bonds. The van der Waals surface area contributed by atoms with Gasteiger partial charge in [-0.05, 0) is 25.1 Å². The quantitative estimate of drug-likeness (QED) is 0.621. The zero-order chi connectivity index (χ0) is 18.7. The Bertz CT molecular complexity index is 919. The summed E-state index contributed by atoms with van der Waals surface area (Å²) in [5.74, 6) is -0.305. The van der Waals surface area contributed by atoms with Crippen molar-refractivity contribution < 1.29 is 19.1 Å². The fraction of sp³-hybridized carbons (Fsp3) is 0.158. The first-order valence-corrected chi connectivity index (χ1v) is 7.81. The van der Waals surface area contributed by atoms with Crippen LogP contribution < -0.4 is 9.64 Å². The molecule has 0 atom stereocenters. The molecule has 0 aliphatic carbocycles. The van der Waals surface area contributed by atoms with Crippen LogP contribution in [-0.4, -0.2) is 36.1 Å². The van der Waals surface area contributed by atoms with Gasteiger partial charge in [0.2, 0.25) is 0 Å². The molecule has 7 nitrogen and oxygen atoms in total. The number of hydrogen-bond donors (Lipinski definition) is 0. The van der Waals surface area contributed by atoms with Crippen LogP contribution >= 0.6 is 0 Å². The second-order valence-electron chi connectivity index (χ2n) is 5.52. The number of esters is 1. The number of allylic oxidation sites excluding steroid dienone is 1. The van der Waals surface area contributed by atoms with Crippen LogP contribution in [0.15, 0.2) is 59.8 Å². The average molecular weight is 351 g/mol. The number of benzene rings is 1. The third-order valence-electron chi connectivity index (χ3n) is 3.99. The zero-order valence-electron chi connectivity index (χ0n) is 14.6. The Morgan fingerprint density at radius 3 is 2.58 bits per heavy atom. The molecule has 0 saturated heterocycles. The van der Waals surface area contributed by atoms with Gasteiger partial charge in [-0.2, -0.15) is 0 Å². The van der Waals surface area contributed by atoms with Crippen molar-refractivity contribution >= 4 is 23.6 Å². The summed E-state index contributed by atoms with van der Waals surface area (Å²) in [4.78, 5) is 34.7. The first-order chi connectivity index (χ1) is 12.6. The SMILES string of the molecule is COC(=O)C1=C(C)N(c2cccc(OC)c2)C(=O)/C1=C\c1cncnc1. The van der Waals surface area contributed by atoms with Gasteiger partial charge in [0.25, 0.3) is 5.91 Å². The largest absolute Gasteiger partial charge is 0.497 e. The maximum absolute atomic E-state index is 13.1. The Morgan fingerprint density at radius 2 is 1.92 bits per heavy atom. The van der Waals surface area contributed by atoms with Gasteiger partial charge in [0.15, 0.2) is 0 Å². The molecule has 1 aromatic carbocycles. The van der Waals surface area contributed by atoms with Gasteiger partial charge >= 0.3 is 5.97 Å². The number of nitrogens with zero attached hydrogens (tertiary/aromatic N) is 3. The molecule has 132 valence electrons. The highest BCUT2D eigenvalue weighted by atomic mass is 16.5. The summed E-state index contributed by atoms with van der Waals surface area (Å²) >= 11 is 0. The number of carbonyl (C=O) groups excluding carboxylic acids is 2. The lowest BCUT2D eigenvalue weighted by atomic mass is 10.1. The molecule has 2 aromatic rings. The topological polar surface area (TPSA) is 81.6 Å². The summed E-state index contributed by atoms with van der Waals surface area (Å²) in [7, 11) is 2.83. The van der Waals surface area contributed by atoms with E-state index in [4.69, 9.17) is 9.47 Å². The second kappa shape index (κ2) is 7.18. The molecule has 0 saturated carbocycles. The number of carbonyl (C=O) groups is 2. The van der Waals surface area contributed by atoms with E-state index in [0.717, 1.165) is 0 Å². The first kappa shape index (κ1) is 17.3. The number of amides is 1. The molecule has 0 radical (unpaired) electrons. The Hall–Kier alpha value is -3.48. The summed E-state index contributed by atoms with van der Waals surface area (Å²) in [6.07, 6.45) is 6.10. The van der Waals surface area contributed by atoms with Crippen molar-refractivity contribution in [2.75, 3.05) is 19.1 Å². The van der Waals surface area contributed by atoms with Gasteiger partial charge in [0.05, 0.1) is 31.1 Å². The average Bonchev–Trinajstić information content (AvgIpc) is 2.92. The molecular weight excluding hydrogens is 334 g/mol. The van der Waals surface area contributed by atoms with Gasteiger partial charge in [0.1, 0.15) is 12.1 Å². The van der Waals surface area contributed by atoms with Gasteiger partial charge < -0.3 is 9.47 Å². The van der Waals surface area contributed by atoms with Crippen molar-refractivity contribution in [2.45, 2.75) is 6.92 Å². The summed E-state index contributed by atoms with van der Waals surface area (Å²) < 4.78 is 10.1. The van der Waals surface area contributed by atoms with E-state index >= 15 is 0 Å². The predicted molar refractivity (Wildman–Crippen MR) is 95.2 cm³/mol. The van der Waals surface area contributed by atoms with Crippen LogP contribution in [0.2, 0.25) is 0 Å². The maximum Gasteiger partial charge on any atom is 0.340 e. The molecule has 0 N–H and O–H groups in total. The highest BCUT2D eigenvalue weighted by Crippen LogP contribution is 2.36. The van der Waals surface area contributed by atoms with E-state index in [9.17, 15) is 9.59 Å². The first-order valence-electron chi connectivity index (χ1n) is 7.81. The van der Waals surface area contributed by atoms with Gasteiger partial charge in [-0.1, -0.05) is 6.07 Å². The van der Waals surface area contributed by atoms with Crippen molar-refractivity contribution in [1.29, 1.82) is 0 Å². The summed E-state index contributed by atoms with van der Waals surface area (Å²) in [5.41, 5.74) is 2.13. The molecule has 0 bridgehead atoms. The normalized spacial score (nSPS) is 15.6. The highest BCUT2D eigenvalue weighted by Gasteiger charge is 2.38. The Morgan fingerprint density at radius 1 is 1.19 bits per heavy atom. The third-order valence-corrected chi connectivity index (χ3v) is 3.99. The molecule has 0 unspecified atom stereocenters. The van der Waals surface area contributed by atoms with Gasteiger partial charge in [0, 0.05) is 29.7 Å². The second-order valence-corrected chi connectivity index (χ2v) is 5.52. The van der Waals surface area contributed by atoms with E-state index < -0.39 is 5.97 Å². The Balaban J connectivity index is 2.13. The Kier molecular flexibility index (Phi) is 4.79. The zero-order valence-corrected chi connectivity index (χ0v) is 14.6. The predicted octanol–water partition coefficient (Wildman–Crippen LogP) is 2.36. The number of rotatable bonds is 4. The van der Waals surface area contributed by atoms with Crippen LogP contribution in [0, 0.1) is 0 Å². The molecule has 2 heterocycles. The minimum Gasteiger partial charge on any atom is -0.497 e. The fourth-order valence-electron chi connectivity index (χ4n) is 2.79. The minimum absolute atomic E-state index is 0.212. The smallest absolute Gasteiger partial charge is 0.340 e. The standard InChI is InChI=1S/C19H17N3O4/c1-12-17(19(24)26-3)16(7-13-9-20-11-21-10-13)18(23)22(12)14-5-4-6-15(8-14)25-2/h4-11H,1-3H3/b16-7-. The molecule has 0 spiro atoms. The molecule has 1 aliphatic rings. The number of aromatic nitrogens is 2. The monoisotopic (exact) mass is 351 g/mol. The van der Waals surface area contributed by atoms with Crippen LogP contribution in [0.3, 0.4) is 0 Å². The number of hydrogen-bond acceptors (Lipinski definition) is 6. The molecule has 3 rings (SSSR count). The number of methoxy groups -OCH3 is 2. The van der Waals surface area contributed by atoms with E-state index in [0.29, 0.717) is 22.7 Å². The van der Waals surface area contributed by atoms with Gasteiger partial charge in [-0.25, -0.2) is 14.8 Å². The van der Waals surface area contributed by atoms with E-state index in [-0.39, 0.29) is 17.1 Å². The molecule has 26 heavy (non-hydrogen) atoms. The van der Waals surface area contributed by atoms with Crippen molar-refractivity contribution in [3.05, 3.63) is 65.4 Å². The third kappa shape index (κ3) is 3.06. The van der Waals surface area contributed by atoms with E-state index in [1.807, 2.05) is 0 Å². The summed E-state index contributed by atoms with van der Waals surface area (Å²) in [5, 5.41) is 0. The van der Waals surface area contributed by atoms with Crippen LogP contribution in [-0.2, 0) is 14.3 Å². The molecule has 7 heteroatoms. The molecule has 1 aromatic heterocycles. The van der Waals surface area contributed by atoms with E-state index in [1.54, 1.807) is 56.8 Å². The molecule has 0 fully saturated rings. The molecule has 1 aliphatic heterocycles. The van der Waals surface area contributed by atoms with Crippen LogP contribution in [0.1, 0.15) is 12.5 Å². The van der Waals surface area contributed by atoms with Gasteiger partial charge in [-0.3, -0.25) is 9.69 Å². The minimum atomic E-state index is -0.579. The van der Waals surface area contributed by atoms with E-state index in [2.05, 4.69) is 9.97 Å². The number of anilines is 1. The maximum atomic E-state index is 13.1. The van der Waals surface area contributed by atoms with Crippen molar-refractivity contribution in [3.63, 3.8) is 0 Å². The summed E-state index contributed by atoms with van der Waals surface area (Å²) in [6, 6.07) is 7.06. The lowest BCUT2D eigenvalue weighted by Crippen LogP contribution is -2.24. The van der Waals surface area contributed by atoms with Crippen LogP contribution in [0.25, 0.3) is 6.08 Å². The lowest BCUT2D eigenvalue weighted by Gasteiger charge is -2.18. The lowest BCUT2D eigenvalue weighted by molar-refractivity contribution is -0.136. The molecular formula is C19H17N3O4. The fourth-order valence-corrected chi connectivity index (χ4v) is 2.79. The van der Waals surface area contributed by atoms with Crippen molar-refractivity contribution in [2.24, 2.45) is 0 Å². The Labute approximate surface area is 150 Å². The van der Waals surface area contributed by atoms with Crippen LogP contribution in [0.4, 0.5) is 5.69 Å². The van der Waals surface area contributed by atoms with Crippen molar-refractivity contribution in [1.82, 2.24) is 9.97 Å². The van der Waals surface area contributed by atoms with Crippen LogP contribution in [0.5, 0.6) is 5.75 Å².